The molecular weight excluding hydrogens is 367 g/mol. The summed E-state index contributed by atoms with van der Waals surface area (Å²) >= 11 is 0. The maximum atomic E-state index is 14.6. The molecule has 0 saturated heterocycles. The second kappa shape index (κ2) is 7.21. The molecule has 0 aliphatic carbocycles. The molecule has 0 unspecified atom stereocenters. The van der Waals surface area contributed by atoms with Gasteiger partial charge in [-0.25, -0.2) is 27.6 Å². The lowest BCUT2D eigenvalue weighted by molar-refractivity contribution is 0.586. The molecule has 2 aromatic carbocycles. The predicted molar refractivity (Wildman–Crippen MR) is 101 cm³/mol. The normalized spacial score (nSPS) is 11.7. The lowest BCUT2D eigenvalue weighted by atomic mass is 10.00. The lowest BCUT2D eigenvalue weighted by Crippen LogP contribution is -2.13. The summed E-state index contributed by atoms with van der Waals surface area (Å²) in [7, 11) is -3.98. The highest BCUT2D eigenvalue weighted by Crippen LogP contribution is 2.22. The monoisotopic (exact) mass is 388 g/mol. The number of primary sulfonamides is 1. The first kappa shape index (κ1) is 19.2. The zero-order chi connectivity index (χ0) is 19.8. The van der Waals surface area contributed by atoms with Crippen molar-refractivity contribution in [1.82, 2.24) is 14.8 Å². The van der Waals surface area contributed by atoms with Gasteiger partial charge in [-0.3, -0.25) is 0 Å². The van der Waals surface area contributed by atoms with Crippen LogP contribution >= 0.6 is 0 Å². The van der Waals surface area contributed by atoms with Gasteiger partial charge >= 0.3 is 0 Å². The average molecular weight is 388 g/mol. The lowest BCUT2D eigenvalue weighted by Gasteiger charge is -2.11. The number of aromatic nitrogens is 3. The van der Waals surface area contributed by atoms with Crippen molar-refractivity contribution in [3.05, 3.63) is 70.6 Å². The van der Waals surface area contributed by atoms with Crippen molar-refractivity contribution in [3.8, 4) is 5.69 Å². The number of hydrogen-bond acceptors (Lipinski definition) is 4. The summed E-state index contributed by atoms with van der Waals surface area (Å²) in [4.78, 5) is 4.26. The van der Waals surface area contributed by atoms with Gasteiger partial charge in [0.15, 0.2) is 5.82 Å². The van der Waals surface area contributed by atoms with Crippen LogP contribution in [0.5, 0.6) is 0 Å². The fourth-order valence-electron chi connectivity index (χ4n) is 2.97. The van der Waals surface area contributed by atoms with Crippen LogP contribution in [-0.2, 0) is 22.9 Å². The minimum absolute atomic E-state index is 0.135. The van der Waals surface area contributed by atoms with Crippen molar-refractivity contribution >= 4 is 10.0 Å². The molecule has 1 heterocycles. The number of hydrogen-bond donors (Lipinski definition) is 1. The number of sulfonamides is 1. The fraction of sp³-hybridized carbons (Fsp3) is 0.263. The van der Waals surface area contributed by atoms with Crippen molar-refractivity contribution < 1.29 is 12.8 Å². The van der Waals surface area contributed by atoms with Gasteiger partial charge in [0, 0.05) is 12.8 Å². The standard InChI is InChI=1S/C19H21FN4O2S/c1-4-18-22-19(11-15-12(2)6-5-7-13(15)3)24(23-18)17-9-8-14(10-16(17)20)27(21,25)26/h5-10H,4,11H2,1-3H3,(H2,21,25,26). The molecule has 0 aliphatic rings. The summed E-state index contributed by atoms with van der Waals surface area (Å²) in [6.45, 7) is 5.96. The van der Waals surface area contributed by atoms with E-state index >= 15 is 0 Å². The second-order valence-corrected chi connectivity index (χ2v) is 7.98. The Morgan fingerprint density at radius 1 is 1.15 bits per heavy atom. The smallest absolute Gasteiger partial charge is 0.225 e. The van der Waals surface area contributed by atoms with E-state index in [1.807, 2.05) is 39.0 Å². The molecule has 27 heavy (non-hydrogen) atoms. The van der Waals surface area contributed by atoms with Crippen molar-refractivity contribution in [2.24, 2.45) is 5.14 Å². The van der Waals surface area contributed by atoms with Crippen LogP contribution in [0.3, 0.4) is 0 Å². The van der Waals surface area contributed by atoms with Gasteiger partial charge in [0.25, 0.3) is 0 Å². The minimum atomic E-state index is -3.98. The van der Waals surface area contributed by atoms with Crippen LogP contribution in [0.4, 0.5) is 4.39 Å². The number of aryl methyl sites for hydroxylation is 3. The summed E-state index contributed by atoms with van der Waals surface area (Å²) in [6, 6.07) is 9.56. The van der Waals surface area contributed by atoms with E-state index in [0.717, 1.165) is 22.8 Å². The van der Waals surface area contributed by atoms with Crippen molar-refractivity contribution in [2.45, 2.75) is 38.5 Å². The third-order valence-corrected chi connectivity index (χ3v) is 5.40. The van der Waals surface area contributed by atoms with E-state index in [9.17, 15) is 12.8 Å². The summed E-state index contributed by atoms with van der Waals surface area (Å²) < 4.78 is 39.0. The molecule has 3 aromatic rings. The number of benzene rings is 2. The minimum Gasteiger partial charge on any atom is -0.225 e. The van der Waals surface area contributed by atoms with Gasteiger partial charge in [-0.2, -0.15) is 5.10 Å². The molecule has 0 amide bonds. The van der Waals surface area contributed by atoms with E-state index in [1.165, 1.54) is 16.8 Å². The van der Waals surface area contributed by atoms with Crippen LogP contribution in [0.1, 0.15) is 35.3 Å². The molecule has 0 saturated carbocycles. The molecule has 8 heteroatoms. The number of nitrogens with zero attached hydrogens (tertiary/aromatic N) is 3. The van der Waals surface area contributed by atoms with Crippen molar-refractivity contribution in [3.63, 3.8) is 0 Å². The number of nitrogens with two attached hydrogens (primary N) is 1. The van der Waals surface area contributed by atoms with Crippen LogP contribution in [0.25, 0.3) is 5.69 Å². The topological polar surface area (TPSA) is 90.9 Å². The Bertz CT molecular complexity index is 1090. The first-order valence-electron chi connectivity index (χ1n) is 8.53. The van der Waals surface area contributed by atoms with E-state index < -0.39 is 15.8 Å². The highest BCUT2D eigenvalue weighted by atomic mass is 32.2. The summed E-state index contributed by atoms with van der Waals surface area (Å²) in [6.07, 6.45) is 1.09. The van der Waals surface area contributed by atoms with Gasteiger partial charge in [-0.15, -0.1) is 0 Å². The maximum Gasteiger partial charge on any atom is 0.238 e. The zero-order valence-corrected chi connectivity index (χ0v) is 16.2. The van der Waals surface area contributed by atoms with Gasteiger partial charge in [-0.1, -0.05) is 25.1 Å². The van der Waals surface area contributed by atoms with Crippen molar-refractivity contribution in [2.75, 3.05) is 0 Å². The van der Waals surface area contributed by atoms with E-state index in [0.29, 0.717) is 24.5 Å². The zero-order valence-electron chi connectivity index (χ0n) is 15.4. The van der Waals surface area contributed by atoms with Gasteiger partial charge in [-0.05, 0) is 48.7 Å². The van der Waals surface area contributed by atoms with Crippen LogP contribution < -0.4 is 5.14 Å². The molecule has 0 atom stereocenters. The second-order valence-electron chi connectivity index (χ2n) is 6.41. The molecule has 0 spiro atoms. The molecule has 142 valence electrons. The van der Waals surface area contributed by atoms with Crippen molar-refractivity contribution in [1.29, 1.82) is 0 Å². The molecule has 2 N–H and O–H groups in total. The van der Waals surface area contributed by atoms with Gasteiger partial charge < -0.3 is 0 Å². The van der Waals surface area contributed by atoms with Crippen LogP contribution in [0.2, 0.25) is 0 Å². The largest absolute Gasteiger partial charge is 0.238 e. The van der Waals surface area contributed by atoms with Crippen LogP contribution in [0, 0.1) is 19.7 Å². The summed E-state index contributed by atoms with van der Waals surface area (Å²) in [5.41, 5.74) is 3.48. The molecule has 0 radical (unpaired) electrons. The van der Waals surface area contributed by atoms with E-state index in [-0.39, 0.29) is 10.6 Å². The average Bonchev–Trinajstić information content (AvgIpc) is 3.00. The molecule has 3 rings (SSSR count). The SMILES string of the molecule is CCc1nc(Cc2c(C)cccc2C)n(-c2ccc(S(N)(=O)=O)cc2F)n1. The molecule has 6 nitrogen and oxygen atoms in total. The Balaban J connectivity index is 2.11. The Morgan fingerprint density at radius 2 is 1.81 bits per heavy atom. The Kier molecular flexibility index (Phi) is 5.12. The van der Waals surface area contributed by atoms with Crippen LogP contribution in [0.15, 0.2) is 41.3 Å². The fourth-order valence-corrected chi connectivity index (χ4v) is 3.50. The van der Waals surface area contributed by atoms with Crippen LogP contribution in [-0.4, -0.2) is 23.2 Å². The van der Waals surface area contributed by atoms with Gasteiger partial charge in [0.2, 0.25) is 10.0 Å². The number of halogens is 1. The maximum absolute atomic E-state index is 14.6. The summed E-state index contributed by atoms with van der Waals surface area (Å²) in [5, 5.41) is 9.47. The number of rotatable bonds is 5. The third kappa shape index (κ3) is 3.91. The third-order valence-electron chi connectivity index (χ3n) is 4.49. The highest BCUT2D eigenvalue weighted by Gasteiger charge is 2.18. The molecule has 1 aromatic heterocycles. The highest BCUT2D eigenvalue weighted by molar-refractivity contribution is 7.89. The summed E-state index contributed by atoms with van der Waals surface area (Å²) in [5.74, 6) is 0.453. The van der Waals surface area contributed by atoms with E-state index in [4.69, 9.17) is 5.14 Å². The first-order chi connectivity index (χ1) is 12.7. The van der Waals surface area contributed by atoms with E-state index in [1.54, 1.807) is 0 Å². The molecule has 0 bridgehead atoms. The quantitative estimate of drug-likeness (QED) is 0.728. The van der Waals surface area contributed by atoms with E-state index in [2.05, 4.69) is 10.1 Å². The first-order valence-corrected chi connectivity index (χ1v) is 10.1. The Labute approximate surface area is 157 Å². The molecule has 0 aliphatic heterocycles. The Morgan fingerprint density at radius 3 is 2.37 bits per heavy atom. The van der Waals surface area contributed by atoms with Gasteiger partial charge in [0.1, 0.15) is 17.3 Å². The molecule has 0 fully saturated rings. The van der Waals surface area contributed by atoms with Gasteiger partial charge in [0.05, 0.1) is 4.90 Å². The molecular formula is C19H21FN4O2S. The Hall–Kier alpha value is -2.58. The predicted octanol–water partition coefficient (Wildman–Crippen LogP) is 2.82.